The van der Waals surface area contributed by atoms with E-state index in [1.54, 1.807) is 0 Å². The van der Waals surface area contributed by atoms with Crippen LogP contribution in [-0.2, 0) is 11.3 Å². The van der Waals surface area contributed by atoms with Crippen molar-refractivity contribution in [2.75, 3.05) is 31.5 Å². The van der Waals surface area contributed by atoms with Crippen LogP contribution in [0.3, 0.4) is 0 Å². The topological polar surface area (TPSA) is 44.4 Å². The highest BCUT2D eigenvalue weighted by Gasteiger charge is 2.22. The summed E-state index contributed by atoms with van der Waals surface area (Å²) >= 11 is 0. The van der Waals surface area contributed by atoms with Crippen LogP contribution in [0.5, 0.6) is 0 Å². The van der Waals surface area contributed by atoms with Gasteiger partial charge in [-0.3, -0.25) is 9.69 Å². The number of piperidine rings is 1. The highest BCUT2D eigenvalue weighted by molar-refractivity contribution is 5.92. The first-order valence-corrected chi connectivity index (χ1v) is 8.14. The molecule has 1 unspecified atom stereocenters. The zero-order chi connectivity index (χ0) is 14.5. The molecule has 2 saturated heterocycles. The summed E-state index contributed by atoms with van der Waals surface area (Å²) in [5, 5.41) is 6.30. The predicted molar refractivity (Wildman–Crippen MR) is 85.2 cm³/mol. The Morgan fingerprint density at radius 2 is 2.14 bits per heavy atom. The fourth-order valence-electron chi connectivity index (χ4n) is 3.25. The minimum absolute atomic E-state index is 0.121. The van der Waals surface area contributed by atoms with Gasteiger partial charge in [-0.05, 0) is 56.6 Å². The monoisotopic (exact) mass is 287 g/mol. The lowest BCUT2D eigenvalue weighted by Gasteiger charge is -2.26. The maximum Gasteiger partial charge on any atom is 0.228 e. The van der Waals surface area contributed by atoms with Gasteiger partial charge in [0.1, 0.15) is 0 Å². The Morgan fingerprint density at radius 3 is 2.90 bits per heavy atom. The first kappa shape index (κ1) is 14.5. The Balaban J connectivity index is 1.58. The molecule has 0 radical (unpaired) electrons. The van der Waals surface area contributed by atoms with Crippen LogP contribution in [-0.4, -0.2) is 37.0 Å². The van der Waals surface area contributed by atoms with Gasteiger partial charge in [-0.15, -0.1) is 0 Å². The minimum Gasteiger partial charge on any atom is -0.326 e. The van der Waals surface area contributed by atoms with Crippen LogP contribution >= 0.6 is 0 Å². The van der Waals surface area contributed by atoms with Crippen LogP contribution in [0, 0.1) is 5.92 Å². The lowest BCUT2D eigenvalue weighted by molar-refractivity contribution is -0.119. The third-order valence-corrected chi connectivity index (χ3v) is 4.48. The van der Waals surface area contributed by atoms with E-state index in [1.807, 2.05) is 12.1 Å². The zero-order valence-corrected chi connectivity index (χ0v) is 12.6. The summed E-state index contributed by atoms with van der Waals surface area (Å²) in [5.41, 5.74) is 2.22. The van der Waals surface area contributed by atoms with Gasteiger partial charge < -0.3 is 10.6 Å². The first-order chi connectivity index (χ1) is 10.3. The predicted octanol–water partition coefficient (Wildman–Crippen LogP) is 2.22. The van der Waals surface area contributed by atoms with Crippen LogP contribution < -0.4 is 10.6 Å². The molecule has 0 aliphatic carbocycles. The van der Waals surface area contributed by atoms with Gasteiger partial charge in [0.05, 0.1) is 5.92 Å². The summed E-state index contributed by atoms with van der Waals surface area (Å²) in [6.45, 7) is 5.15. The molecule has 4 heteroatoms. The van der Waals surface area contributed by atoms with Gasteiger partial charge in [-0.25, -0.2) is 0 Å². The average Bonchev–Trinajstić information content (AvgIpc) is 3.03. The van der Waals surface area contributed by atoms with Crippen LogP contribution in [0.15, 0.2) is 24.3 Å². The Kier molecular flexibility index (Phi) is 4.88. The number of amides is 1. The van der Waals surface area contributed by atoms with Crippen molar-refractivity contribution in [2.45, 2.75) is 32.2 Å². The second-order valence-corrected chi connectivity index (χ2v) is 6.22. The lowest BCUT2D eigenvalue weighted by Crippen LogP contribution is -2.29. The van der Waals surface area contributed by atoms with E-state index in [0.717, 1.165) is 31.7 Å². The van der Waals surface area contributed by atoms with E-state index in [9.17, 15) is 4.79 Å². The Hall–Kier alpha value is -1.39. The van der Waals surface area contributed by atoms with Crippen molar-refractivity contribution in [3.8, 4) is 0 Å². The number of carbonyl (C=O) groups excluding carboxylic acids is 1. The quantitative estimate of drug-likeness (QED) is 0.892. The number of hydrogen-bond donors (Lipinski definition) is 2. The highest BCUT2D eigenvalue weighted by Crippen LogP contribution is 2.17. The third kappa shape index (κ3) is 4.05. The van der Waals surface area contributed by atoms with E-state index in [2.05, 4.69) is 27.7 Å². The Bertz CT molecular complexity index is 477. The molecule has 3 rings (SSSR count). The van der Waals surface area contributed by atoms with Crippen molar-refractivity contribution in [3.05, 3.63) is 29.8 Å². The van der Waals surface area contributed by atoms with Crippen LogP contribution in [0.1, 0.15) is 31.2 Å². The minimum atomic E-state index is 0.121. The summed E-state index contributed by atoms with van der Waals surface area (Å²) < 4.78 is 0. The molecule has 1 aromatic carbocycles. The Morgan fingerprint density at radius 1 is 1.29 bits per heavy atom. The standard InChI is InChI=1S/C17H25N3O/c21-17(15-7-8-18-12-15)19-16-6-4-5-14(11-16)13-20-9-2-1-3-10-20/h4-6,11,15,18H,1-3,7-10,12-13H2,(H,19,21). The normalized spacial score (nSPS) is 23.1. The number of carbonyl (C=O) groups is 1. The van der Waals surface area contributed by atoms with E-state index in [-0.39, 0.29) is 11.8 Å². The maximum absolute atomic E-state index is 12.2. The van der Waals surface area contributed by atoms with Crippen molar-refractivity contribution in [1.82, 2.24) is 10.2 Å². The maximum atomic E-state index is 12.2. The van der Waals surface area contributed by atoms with Gasteiger partial charge in [0, 0.05) is 18.8 Å². The van der Waals surface area contributed by atoms with Crippen molar-refractivity contribution >= 4 is 11.6 Å². The molecule has 2 aliphatic heterocycles. The van der Waals surface area contributed by atoms with Gasteiger partial charge in [-0.2, -0.15) is 0 Å². The molecule has 0 spiro atoms. The van der Waals surface area contributed by atoms with Crippen molar-refractivity contribution < 1.29 is 4.79 Å². The first-order valence-electron chi connectivity index (χ1n) is 8.14. The Labute approximate surface area is 126 Å². The summed E-state index contributed by atoms with van der Waals surface area (Å²) in [6, 6.07) is 8.30. The zero-order valence-electron chi connectivity index (χ0n) is 12.6. The van der Waals surface area contributed by atoms with E-state index >= 15 is 0 Å². The molecule has 4 nitrogen and oxygen atoms in total. The molecule has 0 aromatic heterocycles. The molecule has 0 bridgehead atoms. The number of benzene rings is 1. The number of likely N-dealkylation sites (tertiary alicyclic amines) is 1. The number of rotatable bonds is 4. The molecule has 1 amide bonds. The largest absolute Gasteiger partial charge is 0.326 e. The van der Waals surface area contributed by atoms with E-state index in [4.69, 9.17) is 0 Å². The fourth-order valence-corrected chi connectivity index (χ4v) is 3.25. The molecule has 2 fully saturated rings. The number of nitrogens with zero attached hydrogens (tertiary/aromatic N) is 1. The molecule has 0 saturated carbocycles. The highest BCUT2D eigenvalue weighted by atomic mass is 16.1. The second-order valence-electron chi connectivity index (χ2n) is 6.22. The average molecular weight is 287 g/mol. The van der Waals surface area contributed by atoms with Gasteiger partial charge in [0.25, 0.3) is 0 Å². The summed E-state index contributed by atoms with van der Waals surface area (Å²) in [5.74, 6) is 0.269. The van der Waals surface area contributed by atoms with Gasteiger partial charge in [-0.1, -0.05) is 18.6 Å². The smallest absolute Gasteiger partial charge is 0.228 e. The number of nitrogens with one attached hydrogen (secondary N) is 2. The SMILES string of the molecule is O=C(Nc1cccc(CN2CCCCC2)c1)C1CCNC1. The molecule has 2 heterocycles. The van der Waals surface area contributed by atoms with Crippen molar-refractivity contribution in [2.24, 2.45) is 5.92 Å². The molecule has 2 N–H and O–H groups in total. The molecule has 1 atom stereocenters. The van der Waals surface area contributed by atoms with Crippen LogP contribution in [0.25, 0.3) is 0 Å². The van der Waals surface area contributed by atoms with Crippen molar-refractivity contribution in [1.29, 1.82) is 0 Å². The van der Waals surface area contributed by atoms with E-state index in [1.165, 1.54) is 37.9 Å². The number of anilines is 1. The van der Waals surface area contributed by atoms with Crippen LogP contribution in [0.2, 0.25) is 0 Å². The molecular weight excluding hydrogens is 262 g/mol. The molecular formula is C17H25N3O. The van der Waals surface area contributed by atoms with Crippen LogP contribution in [0.4, 0.5) is 5.69 Å². The molecule has 1 aromatic rings. The van der Waals surface area contributed by atoms with Gasteiger partial charge in [0.2, 0.25) is 5.91 Å². The number of hydrogen-bond acceptors (Lipinski definition) is 3. The fraction of sp³-hybridized carbons (Fsp3) is 0.588. The lowest BCUT2D eigenvalue weighted by atomic mass is 10.1. The second kappa shape index (κ2) is 7.05. The van der Waals surface area contributed by atoms with Crippen molar-refractivity contribution in [3.63, 3.8) is 0 Å². The van der Waals surface area contributed by atoms with E-state index in [0.29, 0.717) is 0 Å². The molecule has 21 heavy (non-hydrogen) atoms. The molecule has 2 aliphatic rings. The summed E-state index contributed by atoms with van der Waals surface area (Å²) in [7, 11) is 0. The third-order valence-electron chi connectivity index (χ3n) is 4.48. The summed E-state index contributed by atoms with van der Waals surface area (Å²) in [4.78, 5) is 14.7. The van der Waals surface area contributed by atoms with E-state index < -0.39 is 0 Å². The van der Waals surface area contributed by atoms with Gasteiger partial charge in [0.15, 0.2) is 0 Å². The molecule has 114 valence electrons. The summed E-state index contributed by atoms with van der Waals surface area (Å²) in [6.07, 6.45) is 4.93. The van der Waals surface area contributed by atoms with Gasteiger partial charge >= 0.3 is 0 Å².